The lowest BCUT2D eigenvalue weighted by atomic mass is 9.99. The summed E-state index contributed by atoms with van der Waals surface area (Å²) >= 11 is 6.13. The van der Waals surface area contributed by atoms with E-state index in [-0.39, 0.29) is 36.6 Å². The van der Waals surface area contributed by atoms with Crippen LogP contribution in [0, 0.1) is 11.8 Å². The van der Waals surface area contributed by atoms with E-state index >= 15 is 0 Å². The first kappa shape index (κ1) is 21.6. The van der Waals surface area contributed by atoms with Crippen LogP contribution in [0.5, 0.6) is 5.75 Å². The van der Waals surface area contributed by atoms with Crippen molar-refractivity contribution in [2.75, 3.05) is 32.0 Å². The Balaban J connectivity index is 0.00000261. The topological polar surface area (TPSA) is 76.8 Å². The Kier molecular flexibility index (Phi) is 7.63. The summed E-state index contributed by atoms with van der Waals surface area (Å²) in [6, 6.07) is 3.09. The number of hydrogen-bond donors (Lipinski definition) is 2. The van der Waals surface area contributed by atoms with Gasteiger partial charge in [-0.1, -0.05) is 17.5 Å². The molecule has 1 amide bonds. The molecule has 1 aromatic carbocycles. The number of benzene rings is 1. The average Bonchev–Trinajstić information content (AvgIpc) is 2.61. The van der Waals surface area contributed by atoms with Gasteiger partial charge in [0.25, 0.3) is 5.91 Å². The van der Waals surface area contributed by atoms with Gasteiger partial charge in [-0.3, -0.25) is 9.69 Å². The minimum atomic E-state index is -0.364. The van der Waals surface area contributed by atoms with Crippen LogP contribution in [0.2, 0.25) is 5.02 Å². The minimum Gasteiger partial charge on any atom is -0.477 e. The molecule has 6 nitrogen and oxygen atoms in total. The number of fused-ring (bicyclic) bond motifs is 2. The lowest BCUT2D eigenvalue weighted by Gasteiger charge is -2.42. The van der Waals surface area contributed by atoms with Crippen LogP contribution in [0.25, 0.3) is 0 Å². The Bertz CT molecular complexity index is 748. The van der Waals surface area contributed by atoms with Gasteiger partial charge >= 0.3 is 0 Å². The van der Waals surface area contributed by atoms with Crippen molar-refractivity contribution < 1.29 is 14.3 Å². The van der Waals surface area contributed by atoms with Gasteiger partial charge in [0, 0.05) is 25.7 Å². The number of hydrogen-bond acceptors (Lipinski definition) is 5. The number of rotatable bonds is 4. The molecule has 2 aliphatic rings. The Labute approximate surface area is 171 Å². The van der Waals surface area contributed by atoms with Crippen molar-refractivity contribution in [3.8, 4) is 17.6 Å². The molecule has 0 aromatic heterocycles. The first-order valence-electron chi connectivity index (χ1n) is 8.80. The van der Waals surface area contributed by atoms with Crippen molar-refractivity contribution in [1.29, 1.82) is 0 Å². The summed E-state index contributed by atoms with van der Waals surface area (Å²) in [5.74, 6) is 5.83. The molecule has 2 unspecified atom stereocenters. The maximum absolute atomic E-state index is 12.9. The van der Waals surface area contributed by atoms with E-state index in [0.29, 0.717) is 28.6 Å². The van der Waals surface area contributed by atoms with Crippen LogP contribution in [0.4, 0.5) is 5.69 Å². The molecule has 3 rings (SSSR count). The zero-order valence-corrected chi connectivity index (χ0v) is 17.0. The molecule has 4 atom stereocenters. The highest BCUT2D eigenvalue weighted by Crippen LogP contribution is 2.30. The molecule has 0 radical (unpaired) electrons. The molecule has 2 saturated heterocycles. The van der Waals surface area contributed by atoms with Crippen LogP contribution in [-0.2, 0) is 4.74 Å². The summed E-state index contributed by atoms with van der Waals surface area (Å²) in [6.45, 7) is 7.01. The predicted molar refractivity (Wildman–Crippen MR) is 109 cm³/mol. The smallest absolute Gasteiger partial charge is 0.255 e. The van der Waals surface area contributed by atoms with Crippen LogP contribution >= 0.6 is 24.0 Å². The van der Waals surface area contributed by atoms with E-state index in [9.17, 15) is 4.79 Å². The van der Waals surface area contributed by atoms with Crippen molar-refractivity contribution in [3.05, 3.63) is 22.7 Å². The third-order valence-electron chi connectivity index (χ3n) is 4.69. The SMILES string of the molecule is CC#C[C@H](C)Oc1cc(N)c(Cl)cc1C(=O)N[C@H]1CCN2CCOC1C2.Cl. The molecular formula is C19H25Cl2N3O3. The van der Waals surface area contributed by atoms with Gasteiger partial charge in [-0.15, -0.1) is 18.3 Å². The third kappa shape index (κ3) is 5.20. The number of nitrogens with one attached hydrogen (secondary N) is 1. The summed E-state index contributed by atoms with van der Waals surface area (Å²) in [5.41, 5.74) is 6.60. The molecule has 148 valence electrons. The third-order valence-corrected chi connectivity index (χ3v) is 5.02. The molecule has 0 spiro atoms. The number of carbonyl (C=O) groups excluding carboxylic acids is 1. The molecule has 2 fully saturated rings. The normalized spacial score (nSPS) is 24.6. The zero-order valence-electron chi connectivity index (χ0n) is 15.5. The molecule has 2 bridgehead atoms. The van der Waals surface area contributed by atoms with Crippen LogP contribution in [0.3, 0.4) is 0 Å². The largest absolute Gasteiger partial charge is 0.477 e. The van der Waals surface area contributed by atoms with Gasteiger partial charge in [0.1, 0.15) is 5.75 Å². The second-order valence-electron chi connectivity index (χ2n) is 6.60. The number of amides is 1. The fourth-order valence-corrected chi connectivity index (χ4v) is 3.53. The Morgan fingerprint density at radius 1 is 1.48 bits per heavy atom. The zero-order chi connectivity index (χ0) is 18.7. The highest BCUT2D eigenvalue weighted by molar-refractivity contribution is 6.33. The number of nitrogens with zero attached hydrogens (tertiary/aromatic N) is 1. The number of nitrogens with two attached hydrogens (primary N) is 1. The molecule has 27 heavy (non-hydrogen) atoms. The summed E-state index contributed by atoms with van der Waals surface area (Å²) < 4.78 is 11.6. The quantitative estimate of drug-likeness (QED) is 0.584. The summed E-state index contributed by atoms with van der Waals surface area (Å²) in [6.07, 6.45) is 0.504. The summed E-state index contributed by atoms with van der Waals surface area (Å²) in [4.78, 5) is 15.3. The molecule has 0 aliphatic carbocycles. The van der Waals surface area contributed by atoms with E-state index in [1.165, 1.54) is 0 Å². The van der Waals surface area contributed by atoms with E-state index in [2.05, 4.69) is 22.1 Å². The van der Waals surface area contributed by atoms with E-state index in [1.807, 2.05) is 6.92 Å². The van der Waals surface area contributed by atoms with Gasteiger partial charge in [0.05, 0.1) is 35.0 Å². The van der Waals surface area contributed by atoms with Crippen LogP contribution in [0.15, 0.2) is 12.1 Å². The van der Waals surface area contributed by atoms with Crippen molar-refractivity contribution in [3.63, 3.8) is 0 Å². The van der Waals surface area contributed by atoms with E-state index in [4.69, 9.17) is 26.8 Å². The van der Waals surface area contributed by atoms with E-state index in [0.717, 1.165) is 26.1 Å². The van der Waals surface area contributed by atoms with Crippen LogP contribution in [0.1, 0.15) is 30.6 Å². The highest BCUT2D eigenvalue weighted by Gasteiger charge is 2.34. The molecular weight excluding hydrogens is 389 g/mol. The van der Waals surface area contributed by atoms with Crippen molar-refractivity contribution in [2.45, 2.75) is 38.5 Å². The second kappa shape index (κ2) is 9.52. The maximum Gasteiger partial charge on any atom is 0.255 e. The number of nitrogen functional groups attached to an aromatic ring is 1. The van der Waals surface area contributed by atoms with Crippen molar-refractivity contribution in [2.24, 2.45) is 0 Å². The number of anilines is 1. The molecule has 1 aromatic rings. The number of carbonyl (C=O) groups is 1. The predicted octanol–water partition coefficient (Wildman–Crippen LogP) is 2.34. The Morgan fingerprint density at radius 3 is 3.00 bits per heavy atom. The Morgan fingerprint density at radius 2 is 2.26 bits per heavy atom. The fraction of sp³-hybridized carbons (Fsp3) is 0.526. The lowest BCUT2D eigenvalue weighted by Crippen LogP contribution is -2.58. The first-order chi connectivity index (χ1) is 12.5. The number of morpholine rings is 1. The minimum absolute atomic E-state index is 0. The first-order valence-corrected chi connectivity index (χ1v) is 9.18. The van der Waals surface area contributed by atoms with Crippen molar-refractivity contribution >= 4 is 35.6 Å². The van der Waals surface area contributed by atoms with E-state index < -0.39 is 0 Å². The van der Waals surface area contributed by atoms with Crippen LogP contribution < -0.4 is 15.8 Å². The number of halogens is 2. The monoisotopic (exact) mass is 413 g/mol. The lowest BCUT2D eigenvalue weighted by molar-refractivity contribution is -0.0702. The van der Waals surface area contributed by atoms with E-state index in [1.54, 1.807) is 19.1 Å². The standard InChI is InChI=1S/C19H24ClN3O3.ClH/c1-3-4-12(2)26-17-10-15(21)14(20)9-13(17)19(24)22-16-5-6-23-7-8-25-18(16)11-23;/h9-10,12,16,18H,5-8,11,21H2,1-2H3,(H,22,24);1H/t12-,16-,18?;/m0./s1. The fourth-order valence-electron chi connectivity index (χ4n) is 3.36. The maximum atomic E-state index is 12.9. The molecule has 0 saturated carbocycles. The molecule has 3 N–H and O–H groups in total. The molecule has 2 aliphatic heterocycles. The van der Waals surface area contributed by atoms with Gasteiger partial charge in [-0.2, -0.15) is 0 Å². The Hall–Kier alpha value is -1.65. The summed E-state index contributed by atoms with van der Waals surface area (Å²) in [5, 5.41) is 3.40. The molecule has 2 heterocycles. The van der Waals surface area contributed by atoms with Crippen molar-refractivity contribution in [1.82, 2.24) is 10.2 Å². The van der Waals surface area contributed by atoms with Crippen LogP contribution in [-0.4, -0.2) is 55.3 Å². The van der Waals surface area contributed by atoms with Gasteiger partial charge in [-0.25, -0.2) is 0 Å². The second-order valence-corrected chi connectivity index (χ2v) is 7.01. The molecule has 8 heteroatoms. The van der Waals surface area contributed by atoms with Gasteiger partial charge in [-0.05, 0) is 26.3 Å². The van der Waals surface area contributed by atoms with Gasteiger partial charge in [0.2, 0.25) is 0 Å². The summed E-state index contributed by atoms with van der Waals surface area (Å²) in [7, 11) is 0. The average molecular weight is 414 g/mol. The van der Waals surface area contributed by atoms with Gasteiger partial charge in [0.15, 0.2) is 6.10 Å². The highest BCUT2D eigenvalue weighted by atomic mass is 35.5. The number of ether oxygens (including phenoxy) is 2. The van der Waals surface area contributed by atoms with Gasteiger partial charge < -0.3 is 20.5 Å². The number of piperidine rings is 1.